The van der Waals surface area contributed by atoms with Gasteiger partial charge in [0.15, 0.2) is 0 Å². The van der Waals surface area contributed by atoms with Crippen LogP contribution in [0.5, 0.6) is 0 Å². The summed E-state index contributed by atoms with van der Waals surface area (Å²) in [5.74, 6) is -0.00878. The first kappa shape index (κ1) is 26.9. The van der Waals surface area contributed by atoms with E-state index in [9.17, 15) is 9.59 Å². The van der Waals surface area contributed by atoms with E-state index in [0.717, 1.165) is 25.7 Å². The van der Waals surface area contributed by atoms with E-state index in [1.807, 2.05) is 27.7 Å². The predicted molar refractivity (Wildman–Crippen MR) is 120 cm³/mol. The number of alkyl halides is 2. The average Bonchev–Trinajstić information content (AvgIpc) is 2.44. The number of hydrogen-bond donors (Lipinski definition) is 2. The zero-order valence-electron chi connectivity index (χ0n) is 18.2. The van der Waals surface area contributed by atoms with Crippen LogP contribution in [0.15, 0.2) is 0 Å². The molecule has 0 aliphatic rings. The molecule has 27 heavy (non-hydrogen) atoms. The first-order chi connectivity index (χ1) is 12.0. The van der Waals surface area contributed by atoms with Gasteiger partial charge in [0, 0.05) is 13.1 Å². The molecule has 0 saturated carbocycles. The maximum Gasteiger partial charge on any atom is 0.236 e. The van der Waals surface area contributed by atoms with Crippen molar-refractivity contribution in [1.82, 2.24) is 10.6 Å². The maximum atomic E-state index is 11.9. The number of ether oxygens (including phenoxy) is 1. The molecule has 0 rings (SSSR count). The van der Waals surface area contributed by atoms with Gasteiger partial charge in [-0.15, -0.1) is 0 Å². The molecule has 0 spiro atoms. The van der Waals surface area contributed by atoms with E-state index in [2.05, 4.69) is 70.2 Å². The van der Waals surface area contributed by atoms with Gasteiger partial charge in [0.1, 0.15) is 0 Å². The summed E-state index contributed by atoms with van der Waals surface area (Å²) < 4.78 is 5.25. The predicted octanol–water partition coefficient (Wildman–Crippen LogP) is 4.70. The molecular formula is C20H38Br2N2O3. The van der Waals surface area contributed by atoms with E-state index in [1.54, 1.807) is 0 Å². The Morgan fingerprint density at radius 1 is 0.704 bits per heavy atom. The highest BCUT2D eigenvalue weighted by Gasteiger charge is 2.29. The third kappa shape index (κ3) is 12.8. The summed E-state index contributed by atoms with van der Waals surface area (Å²) in [4.78, 5) is 23.7. The fourth-order valence-electron chi connectivity index (χ4n) is 2.70. The summed E-state index contributed by atoms with van der Waals surface area (Å²) in [7, 11) is 0. The van der Waals surface area contributed by atoms with Gasteiger partial charge in [-0.3, -0.25) is 9.59 Å². The summed E-state index contributed by atoms with van der Waals surface area (Å²) in [6, 6.07) is 0. The van der Waals surface area contributed by atoms with Crippen molar-refractivity contribution < 1.29 is 14.3 Å². The van der Waals surface area contributed by atoms with E-state index in [-0.39, 0.29) is 23.0 Å². The highest BCUT2D eigenvalue weighted by atomic mass is 79.9. The number of carbonyl (C=O) groups excluding carboxylic acids is 2. The molecule has 0 aromatic rings. The van der Waals surface area contributed by atoms with E-state index in [4.69, 9.17) is 4.74 Å². The van der Waals surface area contributed by atoms with Crippen LogP contribution in [0.3, 0.4) is 0 Å². The zero-order valence-corrected chi connectivity index (χ0v) is 21.4. The highest BCUT2D eigenvalue weighted by molar-refractivity contribution is 9.10. The first-order valence-corrected chi connectivity index (χ1v) is 11.2. The molecule has 0 radical (unpaired) electrons. The molecule has 0 heterocycles. The Morgan fingerprint density at radius 3 is 1.26 bits per heavy atom. The second-order valence-electron chi connectivity index (χ2n) is 9.29. The molecule has 0 unspecified atom stereocenters. The quantitative estimate of drug-likeness (QED) is 0.293. The smallest absolute Gasteiger partial charge is 0.236 e. The molecule has 0 aliphatic heterocycles. The van der Waals surface area contributed by atoms with Gasteiger partial charge >= 0.3 is 0 Å². The minimum Gasteiger partial charge on any atom is -0.370 e. The standard InChI is InChI=1S/C20H38Br2N2O3/c1-17(2,11-9-13-23-15(25)19(5,6)21)27-18(3,4)12-10-14-24-16(26)20(7,8)22/h9-14H2,1-8H3,(H,23,25)(H,24,26). The second kappa shape index (κ2) is 10.6. The number of hydrogen-bond acceptors (Lipinski definition) is 3. The van der Waals surface area contributed by atoms with Crippen molar-refractivity contribution in [2.45, 2.75) is 101 Å². The molecule has 0 bridgehead atoms. The topological polar surface area (TPSA) is 67.4 Å². The summed E-state index contributed by atoms with van der Waals surface area (Å²) in [5.41, 5.74) is -0.557. The largest absolute Gasteiger partial charge is 0.370 e. The number of rotatable bonds is 12. The summed E-state index contributed by atoms with van der Waals surface area (Å²) in [6.07, 6.45) is 3.42. The third-order valence-corrected chi connectivity index (χ3v) is 4.84. The summed E-state index contributed by atoms with van der Waals surface area (Å²) in [6.45, 7) is 16.9. The number of carbonyl (C=O) groups is 2. The Kier molecular flexibility index (Phi) is 10.5. The number of halogens is 2. The molecule has 0 atom stereocenters. The van der Waals surface area contributed by atoms with Gasteiger partial charge in [0.2, 0.25) is 11.8 Å². The normalized spacial score (nSPS) is 13.4. The van der Waals surface area contributed by atoms with Crippen molar-refractivity contribution in [3.63, 3.8) is 0 Å². The molecule has 0 aromatic carbocycles. The Balaban J connectivity index is 4.21. The van der Waals surface area contributed by atoms with Gasteiger partial charge in [0.05, 0.1) is 19.9 Å². The molecule has 0 fully saturated rings. The first-order valence-electron chi connectivity index (χ1n) is 9.61. The van der Waals surface area contributed by atoms with Gasteiger partial charge in [-0.1, -0.05) is 31.9 Å². The van der Waals surface area contributed by atoms with Crippen molar-refractivity contribution in [3.05, 3.63) is 0 Å². The lowest BCUT2D eigenvalue weighted by Gasteiger charge is -2.36. The van der Waals surface area contributed by atoms with Crippen LogP contribution < -0.4 is 10.6 Å². The minimum absolute atomic E-state index is 0.00439. The van der Waals surface area contributed by atoms with E-state index >= 15 is 0 Å². The van der Waals surface area contributed by atoms with Crippen molar-refractivity contribution in [1.29, 1.82) is 0 Å². The van der Waals surface area contributed by atoms with E-state index in [1.165, 1.54) is 0 Å². The van der Waals surface area contributed by atoms with Crippen molar-refractivity contribution in [2.24, 2.45) is 0 Å². The lowest BCUT2D eigenvalue weighted by molar-refractivity contribution is -0.131. The Hall–Kier alpha value is -0.140. The van der Waals surface area contributed by atoms with Crippen LogP contribution in [-0.4, -0.2) is 44.8 Å². The molecule has 2 N–H and O–H groups in total. The van der Waals surface area contributed by atoms with E-state index in [0.29, 0.717) is 13.1 Å². The molecule has 0 aliphatic carbocycles. The van der Waals surface area contributed by atoms with Crippen LogP contribution in [-0.2, 0) is 14.3 Å². The van der Waals surface area contributed by atoms with Crippen LogP contribution in [0, 0.1) is 0 Å². The monoisotopic (exact) mass is 512 g/mol. The van der Waals surface area contributed by atoms with Crippen molar-refractivity contribution in [3.8, 4) is 0 Å². The zero-order chi connectivity index (χ0) is 21.5. The Bertz CT molecular complexity index is 448. The lowest BCUT2D eigenvalue weighted by Crippen LogP contribution is -2.41. The van der Waals surface area contributed by atoms with Gasteiger partial charge < -0.3 is 15.4 Å². The number of amides is 2. The van der Waals surface area contributed by atoms with Gasteiger partial charge in [-0.05, 0) is 81.1 Å². The molecule has 5 nitrogen and oxygen atoms in total. The number of nitrogens with one attached hydrogen (secondary N) is 2. The molecule has 0 saturated heterocycles. The fraction of sp³-hybridized carbons (Fsp3) is 0.900. The lowest BCUT2D eigenvalue weighted by atomic mass is 9.97. The van der Waals surface area contributed by atoms with Crippen LogP contribution in [0.4, 0.5) is 0 Å². The van der Waals surface area contributed by atoms with Crippen molar-refractivity contribution >= 4 is 43.7 Å². The van der Waals surface area contributed by atoms with E-state index < -0.39 is 8.65 Å². The Labute approximate surface area is 182 Å². The Morgan fingerprint density at radius 2 is 1.00 bits per heavy atom. The van der Waals surface area contributed by atoms with Crippen LogP contribution in [0.1, 0.15) is 81.1 Å². The molecule has 2 amide bonds. The second-order valence-corrected chi connectivity index (χ2v) is 13.3. The summed E-state index contributed by atoms with van der Waals surface area (Å²) in [5, 5.41) is 5.87. The molecule has 0 aromatic heterocycles. The van der Waals surface area contributed by atoms with Crippen molar-refractivity contribution in [2.75, 3.05) is 13.1 Å². The van der Waals surface area contributed by atoms with Gasteiger partial charge in [0.25, 0.3) is 0 Å². The SMILES string of the molecule is CC(C)(CCCNC(=O)C(C)(C)Br)OC(C)(C)CCCNC(=O)C(C)(C)Br. The van der Waals surface area contributed by atoms with Gasteiger partial charge in [-0.25, -0.2) is 0 Å². The summed E-state index contributed by atoms with van der Waals surface area (Å²) >= 11 is 6.72. The molecule has 160 valence electrons. The maximum absolute atomic E-state index is 11.9. The van der Waals surface area contributed by atoms with Gasteiger partial charge in [-0.2, -0.15) is 0 Å². The average molecular weight is 514 g/mol. The molecule has 7 heteroatoms. The minimum atomic E-state index is -0.541. The highest BCUT2D eigenvalue weighted by Crippen LogP contribution is 2.27. The van der Waals surface area contributed by atoms with Crippen LogP contribution in [0.25, 0.3) is 0 Å². The van der Waals surface area contributed by atoms with Crippen LogP contribution >= 0.6 is 31.9 Å². The third-order valence-electron chi connectivity index (χ3n) is 4.11. The fourth-order valence-corrected chi connectivity index (χ4v) is 2.98. The van der Waals surface area contributed by atoms with Crippen LogP contribution in [0.2, 0.25) is 0 Å². The molecular weight excluding hydrogens is 476 g/mol.